The lowest BCUT2D eigenvalue weighted by molar-refractivity contribution is -0.384. The van der Waals surface area contributed by atoms with Crippen LogP contribution in [0.15, 0.2) is 22.7 Å². The Morgan fingerprint density at radius 1 is 1.33 bits per heavy atom. The van der Waals surface area contributed by atoms with Gasteiger partial charge in [-0.15, -0.1) is 0 Å². The van der Waals surface area contributed by atoms with Gasteiger partial charge in [-0.3, -0.25) is 15.5 Å². The lowest BCUT2D eigenvalue weighted by atomic mass is 10.1. The maximum Gasteiger partial charge on any atom is 0.270 e. The summed E-state index contributed by atoms with van der Waals surface area (Å²) in [5, 5.41) is 12.9. The van der Waals surface area contributed by atoms with Crippen molar-refractivity contribution in [2.75, 3.05) is 13.1 Å². The van der Waals surface area contributed by atoms with E-state index in [-0.39, 0.29) is 10.6 Å². The molecule has 0 spiro atoms. The average molecular weight is 314 g/mol. The molecule has 0 radical (unpaired) electrons. The van der Waals surface area contributed by atoms with Gasteiger partial charge in [-0.05, 0) is 24.5 Å². The van der Waals surface area contributed by atoms with Gasteiger partial charge in [-0.1, -0.05) is 22.4 Å². The molecule has 1 heterocycles. The van der Waals surface area contributed by atoms with Gasteiger partial charge < -0.3 is 0 Å². The molecule has 1 aliphatic heterocycles. The minimum Gasteiger partial charge on any atom is -0.258 e. The number of halogens is 1. The maximum atomic E-state index is 10.6. The van der Waals surface area contributed by atoms with Crippen LogP contribution in [0.3, 0.4) is 0 Å². The molecule has 18 heavy (non-hydrogen) atoms. The monoisotopic (exact) mass is 313 g/mol. The lowest BCUT2D eigenvalue weighted by Gasteiger charge is -2.27. The highest BCUT2D eigenvalue weighted by Gasteiger charge is 2.12. The molecular formula is C12H16BrN3O2. The summed E-state index contributed by atoms with van der Waals surface area (Å²) in [6.07, 6.45) is 3.77. The number of piperidine rings is 1. The zero-order chi connectivity index (χ0) is 13.0. The van der Waals surface area contributed by atoms with E-state index in [1.54, 1.807) is 12.1 Å². The third-order valence-corrected chi connectivity index (χ3v) is 3.83. The van der Waals surface area contributed by atoms with Crippen molar-refractivity contribution >= 4 is 21.6 Å². The number of rotatable bonds is 4. The smallest absolute Gasteiger partial charge is 0.258 e. The van der Waals surface area contributed by atoms with Gasteiger partial charge in [-0.25, -0.2) is 5.01 Å². The molecule has 0 atom stereocenters. The lowest BCUT2D eigenvalue weighted by Crippen LogP contribution is -2.41. The topological polar surface area (TPSA) is 58.4 Å². The van der Waals surface area contributed by atoms with Gasteiger partial charge in [0.2, 0.25) is 0 Å². The minimum absolute atomic E-state index is 0.114. The molecule has 1 aliphatic rings. The van der Waals surface area contributed by atoms with Gasteiger partial charge in [0.05, 0.1) is 4.92 Å². The third-order valence-electron chi connectivity index (χ3n) is 3.10. The van der Waals surface area contributed by atoms with E-state index in [1.807, 2.05) is 0 Å². The summed E-state index contributed by atoms with van der Waals surface area (Å²) in [4.78, 5) is 10.2. The molecule has 0 aliphatic carbocycles. The fourth-order valence-electron chi connectivity index (χ4n) is 2.04. The molecule has 0 unspecified atom stereocenters. The molecule has 0 saturated carbocycles. The van der Waals surface area contributed by atoms with Crippen molar-refractivity contribution in [2.24, 2.45) is 0 Å². The van der Waals surface area contributed by atoms with Crippen molar-refractivity contribution in [2.45, 2.75) is 25.8 Å². The van der Waals surface area contributed by atoms with Crippen molar-refractivity contribution in [1.29, 1.82) is 0 Å². The summed E-state index contributed by atoms with van der Waals surface area (Å²) in [5.41, 5.74) is 4.51. The van der Waals surface area contributed by atoms with Gasteiger partial charge in [0.25, 0.3) is 5.69 Å². The normalized spacial score (nSPS) is 16.7. The van der Waals surface area contributed by atoms with Gasteiger partial charge >= 0.3 is 0 Å². The van der Waals surface area contributed by atoms with E-state index in [0.29, 0.717) is 6.54 Å². The summed E-state index contributed by atoms with van der Waals surface area (Å²) in [6.45, 7) is 2.84. The average Bonchev–Trinajstić information content (AvgIpc) is 2.38. The molecule has 98 valence electrons. The molecule has 0 aromatic heterocycles. The van der Waals surface area contributed by atoms with E-state index < -0.39 is 0 Å². The molecule has 5 nitrogen and oxygen atoms in total. The van der Waals surface area contributed by atoms with Crippen molar-refractivity contribution in [3.05, 3.63) is 38.3 Å². The second-order valence-electron chi connectivity index (χ2n) is 4.42. The number of nitro groups is 1. The molecule has 1 aromatic rings. The molecule has 1 fully saturated rings. The second-order valence-corrected chi connectivity index (χ2v) is 5.27. The number of nitrogens with one attached hydrogen (secondary N) is 1. The largest absolute Gasteiger partial charge is 0.270 e. The van der Waals surface area contributed by atoms with Crippen LogP contribution in [0.5, 0.6) is 0 Å². The van der Waals surface area contributed by atoms with Crippen LogP contribution in [0.25, 0.3) is 0 Å². The zero-order valence-corrected chi connectivity index (χ0v) is 11.6. The van der Waals surface area contributed by atoms with E-state index >= 15 is 0 Å². The van der Waals surface area contributed by atoms with Crippen molar-refractivity contribution in [3.63, 3.8) is 0 Å². The molecule has 6 heteroatoms. The van der Waals surface area contributed by atoms with Gasteiger partial charge in [0, 0.05) is 36.2 Å². The number of benzene rings is 1. The number of nitrogens with zero attached hydrogens (tertiary/aromatic N) is 2. The van der Waals surface area contributed by atoms with Crippen LogP contribution in [-0.4, -0.2) is 23.0 Å². The van der Waals surface area contributed by atoms with Crippen LogP contribution in [0.1, 0.15) is 24.8 Å². The predicted molar refractivity (Wildman–Crippen MR) is 73.1 cm³/mol. The summed E-state index contributed by atoms with van der Waals surface area (Å²) in [6, 6.07) is 4.88. The fourth-order valence-corrected chi connectivity index (χ4v) is 2.55. The highest BCUT2D eigenvalue weighted by Crippen LogP contribution is 2.23. The number of hydrogen-bond acceptors (Lipinski definition) is 4. The van der Waals surface area contributed by atoms with E-state index in [4.69, 9.17) is 0 Å². The predicted octanol–water partition coefficient (Wildman–Crippen LogP) is 2.85. The number of hydrogen-bond donors (Lipinski definition) is 1. The number of hydrazine groups is 1. The first kappa shape index (κ1) is 13.5. The van der Waals surface area contributed by atoms with E-state index in [9.17, 15) is 10.1 Å². The first-order chi connectivity index (χ1) is 8.66. The van der Waals surface area contributed by atoms with Crippen molar-refractivity contribution < 1.29 is 4.92 Å². The summed E-state index contributed by atoms with van der Waals surface area (Å²) >= 11 is 3.38. The van der Waals surface area contributed by atoms with Crippen LogP contribution in [0.2, 0.25) is 0 Å². The molecular weight excluding hydrogens is 298 g/mol. The Labute approximate surface area is 114 Å². The van der Waals surface area contributed by atoms with Crippen LogP contribution >= 0.6 is 15.9 Å². The Morgan fingerprint density at radius 3 is 2.67 bits per heavy atom. The first-order valence-corrected chi connectivity index (χ1v) is 6.87. The Morgan fingerprint density at radius 2 is 2.06 bits per heavy atom. The number of non-ortho nitro benzene ring substituents is 1. The first-order valence-electron chi connectivity index (χ1n) is 6.08. The Kier molecular flexibility index (Phi) is 4.68. The second kappa shape index (κ2) is 6.26. The molecule has 1 aromatic carbocycles. The molecule has 1 saturated heterocycles. The van der Waals surface area contributed by atoms with Crippen LogP contribution in [0.4, 0.5) is 5.69 Å². The van der Waals surface area contributed by atoms with E-state index in [2.05, 4.69) is 26.4 Å². The van der Waals surface area contributed by atoms with Gasteiger partial charge in [0.1, 0.15) is 0 Å². The fraction of sp³-hybridized carbons (Fsp3) is 0.500. The third kappa shape index (κ3) is 3.51. The summed E-state index contributed by atoms with van der Waals surface area (Å²) < 4.78 is 0.779. The molecule has 0 amide bonds. The minimum atomic E-state index is -0.382. The Hall–Kier alpha value is -0.980. The summed E-state index contributed by atoms with van der Waals surface area (Å²) in [5.74, 6) is 0. The SMILES string of the molecule is O=[N+]([O-])c1ccc(CNN2CCCCC2)c(Br)c1. The highest BCUT2D eigenvalue weighted by atomic mass is 79.9. The molecule has 2 rings (SSSR count). The van der Waals surface area contributed by atoms with Gasteiger partial charge in [-0.2, -0.15) is 0 Å². The Bertz CT molecular complexity index is 433. The van der Waals surface area contributed by atoms with Crippen LogP contribution < -0.4 is 5.43 Å². The van der Waals surface area contributed by atoms with Crippen molar-refractivity contribution in [1.82, 2.24) is 10.4 Å². The van der Waals surface area contributed by atoms with Crippen LogP contribution in [-0.2, 0) is 6.54 Å². The maximum absolute atomic E-state index is 10.6. The van der Waals surface area contributed by atoms with E-state index in [0.717, 1.165) is 23.1 Å². The Balaban J connectivity index is 1.94. The zero-order valence-electron chi connectivity index (χ0n) is 10.1. The number of nitro benzene ring substituents is 1. The summed E-state index contributed by atoms with van der Waals surface area (Å²) in [7, 11) is 0. The quantitative estimate of drug-likeness (QED) is 0.686. The van der Waals surface area contributed by atoms with E-state index in [1.165, 1.54) is 25.3 Å². The standard InChI is InChI=1S/C12H16BrN3O2/c13-12-8-11(16(17)18)5-4-10(12)9-14-15-6-2-1-3-7-15/h4-5,8,14H,1-3,6-7,9H2. The molecule has 1 N–H and O–H groups in total. The highest BCUT2D eigenvalue weighted by molar-refractivity contribution is 9.10. The van der Waals surface area contributed by atoms with Crippen LogP contribution in [0, 0.1) is 10.1 Å². The van der Waals surface area contributed by atoms with Gasteiger partial charge in [0.15, 0.2) is 0 Å². The molecule has 0 bridgehead atoms. The van der Waals surface area contributed by atoms with Crippen molar-refractivity contribution in [3.8, 4) is 0 Å².